The van der Waals surface area contributed by atoms with Gasteiger partial charge >= 0.3 is 37.1 Å². The summed E-state index contributed by atoms with van der Waals surface area (Å²) >= 11 is 0. The molecule has 98 heavy (non-hydrogen) atoms. The maximum atomic E-state index is 12.4. The molecular formula is C80H158F18. The molecule has 0 bridgehead atoms. The quantitative estimate of drug-likeness (QED) is 0.202. The molecule has 0 aliphatic heterocycles. The van der Waals surface area contributed by atoms with E-state index in [1.165, 1.54) is 98.3 Å². The van der Waals surface area contributed by atoms with Crippen LogP contribution in [0.1, 0.15) is 372 Å². The van der Waals surface area contributed by atoms with Gasteiger partial charge in [0.1, 0.15) is 0 Å². The fourth-order valence-corrected chi connectivity index (χ4v) is 10.3. The predicted octanol–water partition coefficient (Wildman–Crippen LogP) is 33.7. The highest BCUT2D eigenvalue weighted by molar-refractivity contribution is 4.86. The molecule has 12 atom stereocenters. The first-order valence-corrected chi connectivity index (χ1v) is 37.8. The Kier molecular flexibility index (Phi) is 61.7. The van der Waals surface area contributed by atoms with Crippen LogP contribution in [0, 0.1) is 111 Å². The van der Waals surface area contributed by atoms with Crippen molar-refractivity contribution in [1.29, 1.82) is 0 Å². The lowest BCUT2D eigenvalue weighted by atomic mass is 9.73. The lowest BCUT2D eigenvalue weighted by molar-refractivity contribution is -0.227. The minimum Gasteiger partial charge on any atom is -0.171 e. The molecule has 0 amide bonds. The average Bonchev–Trinajstić information content (AvgIpc) is 1.09. The summed E-state index contributed by atoms with van der Waals surface area (Å²) in [6.07, 6.45) is -8.17. The van der Waals surface area contributed by atoms with E-state index in [1.54, 1.807) is 27.7 Å². The maximum Gasteiger partial charge on any atom is 0.392 e. The summed E-state index contributed by atoms with van der Waals surface area (Å²) < 4.78 is 231. The minimum absolute atomic E-state index is 0.170. The Hall–Kier alpha value is -1.26. The van der Waals surface area contributed by atoms with Gasteiger partial charge in [-0.05, 0) is 133 Å². The highest BCUT2D eigenvalue weighted by Gasteiger charge is 2.51. The third-order valence-corrected chi connectivity index (χ3v) is 19.1. The minimum atomic E-state index is -4.50. The van der Waals surface area contributed by atoms with Crippen LogP contribution >= 0.6 is 0 Å². The van der Waals surface area contributed by atoms with Gasteiger partial charge in [-0.1, -0.05) is 311 Å². The molecule has 0 N–H and O–H groups in total. The summed E-state index contributed by atoms with van der Waals surface area (Å²) in [5.41, 5.74) is 0.863. The second kappa shape index (κ2) is 56.1. The zero-order valence-corrected chi connectivity index (χ0v) is 68.6. The van der Waals surface area contributed by atoms with E-state index >= 15 is 0 Å². The van der Waals surface area contributed by atoms with Gasteiger partial charge in [-0.2, -0.15) is 79.0 Å². The lowest BCUT2D eigenvalue weighted by Crippen LogP contribution is -2.37. The van der Waals surface area contributed by atoms with Gasteiger partial charge in [-0.3, -0.25) is 0 Å². The Morgan fingerprint density at radius 1 is 0.347 bits per heavy atom. The lowest BCUT2D eigenvalue weighted by Gasteiger charge is -2.35. The van der Waals surface area contributed by atoms with Gasteiger partial charge in [-0.15, -0.1) is 0 Å². The van der Waals surface area contributed by atoms with Crippen molar-refractivity contribution < 1.29 is 81.8 Å². The van der Waals surface area contributed by atoms with Crippen LogP contribution in [0.4, 0.5) is 79.0 Å². The van der Waals surface area contributed by atoms with Gasteiger partial charge in [0.25, 0.3) is 0 Å². The van der Waals surface area contributed by atoms with Gasteiger partial charge < -0.3 is 0 Å². The van der Waals surface area contributed by atoms with Gasteiger partial charge in [0, 0.05) is 2.74 Å². The summed E-state index contributed by atoms with van der Waals surface area (Å²) in [5, 5.41) is 0. The van der Waals surface area contributed by atoms with E-state index < -0.39 is 91.3 Å². The number of hydrogen-bond donors (Lipinski definition) is 0. The molecule has 4 aliphatic rings. The maximum absolute atomic E-state index is 12.4. The molecular weight excluding hydrogens is 1300 g/mol. The first-order valence-electron chi connectivity index (χ1n) is 38.8. The van der Waals surface area contributed by atoms with E-state index in [0.717, 1.165) is 48.9 Å². The van der Waals surface area contributed by atoms with E-state index in [0.29, 0.717) is 30.1 Å². The number of halogens is 18. The highest BCUT2D eigenvalue weighted by Crippen LogP contribution is 2.48. The standard InChI is InChI=1S/C9H12F6.C9H15F3.C8H13F3.C8H16.C7H16.C6H11F3.3C6H14.C5H9F3.2C5H12/c1-5-2-6(8(10,11)12)4-7(3-5)9(13,14)15;1-6-4-3-5-8(7(6)2)9(10,11)12;1-5-3-6(2)7(4-5)8(9,10)11;1-6-4-5-7(2)8(6)3;1-5-6-7(2,3)4;1-3-4-5(2)6(7,8)9;2*1-5-6(2,3)4;1-4-5-6(2)3;1-3-4(2)5(6,7)8;1-4-5(2)3;1-3-5-4-2/h5-7H,2-4H2,1H3;6-8H,3-5H2,1-2H3;5-7H,3-4H2,1-2H3;6-8H,4-5H2,1-3H3;5-6H2,1-4H3;5H,3-4H2,1-2H3;2*5H2,1-4H3;6H,4-5H2,1-3H3;4H,3H2,1-2H3;5H,4H2,1-3H3;3-5H2,1-2H3/t;6?,7-,8?;5-,6?,7?;;;;;;;;;/m.10........./s1/i;;;;;;5D2;;;;;. The summed E-state index contributed by atoms with van der Waals surface area (Å²) in [7, 11) is 0. The Bertz CT molecular complexity index is 1760. The molecule has 604 valence electrons. The fraction of sp³-hybridized carbons (Fsp3) is 1.00. The SMILES string of the molecule is CC1CC(C(F)(F)F)CC(C(F)(F)F)C1.CC1CCC(C)C1C.CC1CCCC(C(F)(F)F)[C@@H]1C.CC1C[C@H](C)CC1C(F)(F)F.CCC(C)(C)C.CCC(C)C.CCC(C)C(F)(F)F.CCCC(C)(C)C.CCCC(C)C.CCCC(C)C(F)(F)F.CCCCC.[2H]C([2H])(C)C(C)(C)C. The Balaban J connectivity index is -0.000000156. The van der Waals surface area contributed by atoms with Crippen molar-refractivity contribution in [3.63, 3.8) is 0 Å². The van der Waals surface area contributed by atoms with Crippen LogP contribution < -0.4 is 0 Å². The van der Waals surface area contributed by atoms with Gasteiger partial charge in [0.05, 0.1) is 35.5 Å². The molecule has 0 heterocycles. The van der Waals surface area contributed by atoms with Crippen LogP contribution in [0.15, 0.2) is 0 Å². The average molecular weight is 1460 g/mol. The molecule has 4 fully saturated rings. The third-order valence-electron chi connectivity index (χ3n) is 19.1. The third kappa shape index (κ3) is 71.7. The number of hydrogen-bond acceptors (Lipinski definition) is 0. The van der Waals surface area contributed by atoms with E-state index in [1.807, 2.05) is 34.6 Å². The molecule has 0 spiro atoms. The Morgan fingerprint density at radius 2 is 0.694 bits per heavy atom. The topological polar surface area (TPSA) is 0 Å². The predicted molar refractivity (Wildman–Crippen MR) is 387 cm³/mol. The Morgan fingerprint density at radius 3 is 0.827 bits per heavy atom. The van der Waals surface area contributed by atoms with Gasteiger partial charge in [-0.25, -0.2) is 0 Å². The molecule has 4 rings (SSSR count). The highest BCUT2D eigenvalue weighted by atomic mass is 19.4. The van der Waals surface area contributed by atoms with E-state index in [9.17, 15) is 79.0 Å². The molecule has 0 saturated heterocycles. The summed E-state index contributed by atoms with van der Waals surface area (Å²) in [6, 6.07) is 0. The largest absolute Gasteiger partial charge is 0.392 e. The van der Waals surface area contributed by atoms with Crippen LogP contribution in [-0.4, -0.2) is 37.1 Å². The molecule has 18 heteroatoms. The van der Waals surface area contributed by atoms with Crippen LogP contribution in [-0.2, 0) is 0 Å². The second-order valence-corrected chi connectivity index (χ2v) is 33.4. The summed E-state index contributed by atoms with van der Waals surface area (Å²) in [6.45, 7) is 64.5. The van der Waals surface area contributed by atoms with Crippen molar-refractivity contribution in [2.45, 2.75) is 406 Å². The fourth-order valence-electron chi connectivity index (χ4n) is 10.3. The van der Waals surface area contributed by atoms with Crippen LogP contribution in [0.2, 0.25) is 0 Å². The zero-order chi connectivity index (χ0) is 81.8. The van der Waals surface area contributed by atoms with Crippen molar-refractivity contribution in [3.05, 3.63) is 0 Å². The molecule has 4 saturated carbocycles. The summed E-state index contributed by atoms with van der Waals surface area (Å²) in [5.74, 6) is -3.65. The first kappa shape index (κ1) is 108. The van der Waals surface area contributed by atoms with Crippen molar-refractivity contribution in [2.24, 2.45) is 111 Å². The van der Waals surface area contributed by atoms with Crippen molar-refractivity contribution in [1.82, 2.24) is 0 Å². The monoisotopic (exact) mass is 1460 g/mol. The molecule has 0 aromatic rings. The van der Waals surface area contributed by atoms with E-state index in [-0.39, 0.29) is 54.8 Å². The van der Waals surface area contributed by atoms with Crippen LogP contribution in [0.25, 0.3) is 0 Å². The number of unbranched alkanes of at least 4 members (excludes halogenated alkanes) is 2. The van der Waals surface area contributed by atoms with E-state index in [2.05, 4.69) is 132 Å². The first-order chi connectivity index (χ1) is 44.4. The molecule has 0 aromatic carbocycles. The molecule has 0 radical (unpaired) electrons. The molecule has 4 aliphatic carbocycles. The molecule has 10 unspecified atom stereocenters. The Labute approximate surface area is 596 Å². The molecule has 0 nitrogen and oxygen atoms in total. The zero-order valence-electron chi connectivity index (χ0n) is 70.6. The van der Waals surface area contributed by atoms with Crippen LogP contribution in [0.3, 0.4) is 0 Å². The van der Waals surface area contributed by atoms with Crippen molar-refractivity contribution in [3.8, 4) is 0 Å². The van der Waals surface area contributed by atoms with E-state index in [4.69, 9.17) is 2.74 Å². The smallest absolute Gasteiger partial charge is 0.171 e. The number of alkyl halides is 18. The number of rotatable bonds is 9. The van der Waals surface area contributed by atoms with Crippen molar-refractivity contribution in [2.75, 3.05) is 0 Å². The van der Waals surface area contributed by atoms with Gasteiger partial charge in [0.2, 0.25) is 0 Å². The normalized spacial score (nSPS) is 25.3. The van der Waals surface area contributed by atoms with Gasteiger partial charge in [0.15, 0.2) is 0 Å². The second-order valence-electron chi connectivity index (χ2n) is 33.4. The van der Waals surface area contributed by atoms with Crippen molar-refractivity contribution >= 4 is 0 Å². The molecule has 0 aromatic heterocycles. The van der Waals surface area contributed by atoms with Crippen LogP contribution in [0.5, 0.6) is 0 Å². The summed E-state index contributed by atoms with van der Waals surface area (Å²) in [4.78, 5) is 0.